The van der Waals surface area contributed by atoms with Crippen LogP contribution in [0.1, 0.15) is 34.6 Å². The standard InChI is InChI=1S/C13H13BrO3/c1-8(2)13(7-14)11(15)9-5-3-4-6-10(9)12(16)17-13/h3-6,8H,7H2,1-2H3. The van der Waals surface area contributed by atoms with E-state index in [1.54, 1.807) is 24.3 Å². The van der Waals surface area contributed by atoms with Gasteiger partial charge in [0.1, 0.15) is 0 Å². The Morgan fingerprint density at radius 3 is 2.35 bits per heavy atom. The fourth-order valence-corrected chi connectivity index (χ4v) is 2.99. The third-order valence-corrected chi connectivity index (χ3v) is 4.01. The van der Waals surface area contributed by atoms with Crippen molar-refractivity contribution in [1.82, 2.24) is 0 Å². The van der Waals surface area contributed by atoms with Gasteiger partial charge in [0.2, 0.25) is 5.78 Å². The van der Waals surface area contributed by atoms with Crippen LogP contribution < -0.4 is 0 Å². The zero-order valence-electron chi connectivity index (χ0n) is 9.70. The highest BCUT2D eigenvalue weighted by atomic mass is 79.9. The van der Waals surface area contributed by atoms with Crippen molar-refractivity contribution in [2.75, 3.05) is 5.33 Å². The maximum Gasteiger partial charge on any atom is 0.339 e. The number of esters is 1. The van der Waals surface area contributed by atoms with Crippen molar-refractivity contribution in [3.8, 4) is 0 Å². The minimum Gasteiger partial charge on any atom is -0.446 e. The summed E-state index contributed by atoms with van der Waals surface area (Å²) in [4.78, 5) is 24.4. The van der Waals surface area contributed by atoms with Crippen molar-refractivity contribution in [3.63, 3.8) is 0 Å². The molecule has 1 aliphatic rings. The number of fused-ring (bicyclic) bond motifs is 1. The Kier molecular flexibility index (Phi) is 3.08. The molecule has 1 unspecified atom stereocenters. The first-order valence-corrected chi connectivity index (χ1v) is 6.58. The highest BCUT2D eigenvalue weighted by Crippen LogP contribution is 2.35. The van der Waals surface area contributed by atoms with Gasteiger partial charge in [0.15, 0.2) is 5.60 Å². The van der Waals surface area contributed by atoms with E-state index in [1.807, 2.05) is 13.8 Å². The van der Waals surface area contributed by atoms with E-state index in [0.717, 1.165) is 0 Å². The predicted octanol–water partition coefficient (Wildman–Crippen LogP) is 2.83. The van der Waals surface area contributed by atoms with E-state index in [1.165, 1.54) is 0 Å². The molecule has 90 valence electrons. The SMILES string of the molecule is CC(C)C1(CBr)OC(=O)c2ccccc2C1=O. The van der Waals surface area contributed by atoms with Crippen molar-refractivity contribution in [2.24, 2.45) is 5.92 Å². The van der Waals surface area contributed by atoms with E-state index in [4.69, 9.17) is 4.74 Å². The number of hydrogen-bond donors (Lipinski definition) is 0. The van der Waals surface area contributed by atoms with Crippen LogP contribution in [-0.2, 0) is 4.74 Å². The van der Waals surface area contributed by atoms with Crippen LogP contribution >= 0.6 is 15.9 Å². The number of carbonyl (C=O) groups is 2. The summed E-state index contributed by atoms with van der Waals surface area (Å²) in [5.41, 5.74) is -0.266. The van der Waals surface area contributed by atoms with Crippen LogP contribution in [0.3, 0.4) is 0 Å². The highest BCUT2D eigenvalue weighted by Gasteiger charge is 2.49. The van der Waals surface area contributed by atoms with Gasteiger partial charge in [-0.25, -0.2) is 4.79 Å². The molecule has 0 bridgehead atoms. The number of ether oxygens (including phenoxy) is 1. The molecule has 1 atom stereocenters. The zero-order chi connectivity index (χ0) is 12.6. The molecule has 0 amide bonds. The number of halogens is 1. The summed E-state index contributed by atoms with van der Waals surface area (Å²) in [5.74, 6) is -0.625. The number of hydrogen-bond acceptors (Lipinski definition) is 3. The van der Waals surface area contributed by atoms with Crippen LogP contribution in [0.2, 0.25) is 0 Å². The van der Waals surface area contributed by atoms with E-state index in [-0.39, 0.29) is 11.7 Å². The first-order valence-electron chi connectivity index (χ1n) is 5.46. The molecule has 1 aromatic carbocycles. The van der Waals surface area contributed by atoms with Gasteiger partial charge in [0.05, 0.1) is 10.9 Å². The summed E-state index contributed by atoms with van der Waals surface area (Å²) in [7, 11) is 0. The largest absolute Gasteiger partial charge is 0.446 e. The van der Waals surface area contributed by atoms with Gasteiger partial charge in [0, 0.05) is 11.5 Å². The number of ketones is 1. The Balaban J connectivity index is 2.60. The monoisotopic (exact) mass is 296 g/mol. The lowest BCUT2D eigenvalue weighted by Crippen LogP contribution is -2.52. The molecular weight excluding hydrogens is 284 g/mol. The number of carbonyl (C=O) groups excluding carboxylic acids is 2. The van der Waals surface area contributed by atoms with Gasteiger partial charge in [-0.3, -0.25) is 4.79 Å². The summed E-state index contributed by atoms with van der Waals surface area (Å²) in [6, 6.07) is 6.78. The molecule has 1 heterocycles. The molecule has 4 heteroatoms. The molecule has 1 aliphatic heterocycles. The number of cyclic esters (lactones) is 1. The molecule has 3 nitrogen and oxygen atoms in total. The van der Waals surface area contributed by atoms with Crippen molar-refractivity contribution in [3.05, 3.63) is 35.4 Å². The predicted molar refractivity (Wildman–Crippen MR) is 67.6 cm³/mol. The van der Waals surface area contributed by atoms with Gasteiger partial charge >= 0.3 is 5.97 Å². The number of rotatable bonds is 2. The second-order valence-corrected chi connectivity index (χ2v) is 5.00. The van der Waals surface area contributed by atoms with Gasteiger partial charge < -0.3 is 4.74 Å². The van der Waals surface area contributed by atoms with E-state index in [2.05, 4.69) is 15.9 Å². The molecule has 0 saturated heterocycles. The average Bonchev–Trinajstić information content (AvgIpc) is 2.33. The van der Waals surface area contributed by atoms with Gasteiger partial charge in [0.25, 0.3) is 0 Å². The fraction of sp³-hybridized carbons (Fsp3) is 0.385. The van der Waals surface area contributed by atoms with Gasteiger partial charge in [-0.15, -0.1) is 0 Å². The third kappa shape index (κ3) is 1.71. The van der Waals surface area contributed by atoms with E-state index < -0.39 is 11.6 Å². The van der Waals surface area contributed by atoms with E-state index in [9.17, 15) is 9.59 Å². The Morgan fingerprint density at radius 2 is 1.82 bits per heavy atom. The van der Waals surface area contributed by atoms with Crippen LogP contribution in [0.15, 0.2) is 24.3 Å². The van der Waals surface area contributed by atoms with E-state index in [0.29, 0.717) is 16.5 Å². The molecule has 0 N–H and O–H groups in total. The lowest BCUT2D eigenvalue weighted by molar-refractivity contribution is -0.0217. The summed E-state index contributed by atoms with van der Waals surface area (Å²) in [6.45, 7) is 3.75. The van der Waals surface area contributed by atoms with Crippen LogP contribution in [0.25, 0.3) is 0 Å². The third-order valence-electron chi connectivity index (χ3n) is 3.18. The smallest absolute Gasteiger partial charge is 0.339 e. The Morgan fingerprint density at radius 1 is 1.24 bits per heavy atom. The van der Waals surface area contributed by atoms with Crippen LogP contribution in [0.5, 0.6) is 0 Å². The first kappa shape index (κ1) is 12.3. The molecule has 0 radical (unpaired) electrons. The van der Waals surface area contributed by atoms with Gasteiger partial charge in [-0.2, -0.15) is 0 Å². The molecule has 0 aliphatic carbocycles. The van der Waals surface area contributed by atoms with Gasteiger partial charge in [-0.05, 0) is 6.07 Å². The Hall–Kier alpha value is -1.16. The van der Waals surface area contributed by atoms with Crippen molar-refractivity contribution < 1.29 is 14.3 Å². The highest BCUT2D eigenvalue weighted by molar-refractivity contribution is 9.09. The zero-order valence-corrected chi connectivity index (χ0v) is 11.3. The van der Waals surface area contributed by atoms with Crippen molar-refractivity contribution in [2.45, 2.75) is 19.4 Å². The summed E-state index contributed by atoms with van der Waals surface area (Å²) in [5, 5.41) is 0.316. The quantitative estimate of drug-likeness (QED) is 0.623. The normalized spacial score (nSPS) is 23.5. The second-order valence-electron chi connectivity index (χ2n) is 4.44. The molecule has 0 aromatic heterocycles. The maximum atomic E-state index is 12.4. The molecule has 17 heavy (non-hydrogen) atoms. The lowest BCUT2D eigenvalue weighted by Gasteiger charge is -2.37. The van der Waals surface area contributed by atoms with Gasteiger partial charge in [-0.1, -0.05) is 48.0 Å². The van der Waals surface area contributed by atoms with E-state index >= 15 is 0 Å². The average molecular weight is 297 g/mol. The van der Waals surface area contributed by atoms with Crippen LogP contribution in [-0.4, -0.2) is 22.7 Å². The maximum absolute atomic E-state index is 12.4. The number of Topliss-reactive ketones (excluding diaryl/α,β-unsaturated/α-hetero) is 1. The topological polar surface area (TPSA) is 43.4 Å². The number of benzene rings is 1. The molecule has 1 aromatic rings. The van der Waals surface area contributed by atoms with Crippen LogP contribution in [0, 0.1) is 5.92 Å². The fourth-order valence-electron chi connectivity index (χ4n) is 1.98. The summed E-state index contributed by atoms with van der Waals surface area (Å²) in [6.07, 6.45) is 0. The second kappa shape index (κ2) is 4.26. The number of alkyl halides is 1. The summed E-state index contributed by atoms with van der Waals surface area (Å²) < 4.78 is 5.39. The molecule has 0 fully saturated rings. The molecular formula is C13H13BrO3. The lowest BCUT2D eigenvalue weighted by atomic mass is 9.81. The van der Waals surface area contributed by atoms with Crippen molar-refractivity contribution in [1.29, 1.82) is 0 Å². The molecule has 0 saturated carbocycles. The Labute approximate surface area is 108 Å². The summed E-state index contributed by atoms with van der Waals surface area (Å²) >= 11 is 3.29. The Bertz CT molecular complexity index is 481. The molecule has 2 rings (SSSR count). The molecule has 0 spiro atoms. The minimum atomic E-state index is -1.08. The van der Waals surface area contributed by atoms with Crippen molar-refractivity contribution >= 4 is 27.7 Å². The van der Waals surface area contributed by atoms with Crippen LogP contribution in [0.4, 0.5) is 0 Å². The minimum absolute atomic E-state index is 0.0771. The first-order chi connectivity index (χ1) is 8.03.